The van der Waals surface area contributed by atoms with Gasteiger partial charge in [0.25, 0.3) is 5.79 Å². The second kappa shape index (κ2) is 19.8. The maximum absolute atomic E-state index is 13.0. The van der Waals surface area contributed by atoms with Crippen molar-refractivity contribution in [3.63, 3.8) is 0 Å². The Bertz CT molecular complexity index is 1350. The van der Waals surface area contributed by atoms with Crippen molar-refractivity contribution in [1.82, 2.24) is 10.6 Å². The number of rotatable bonds is 15. The summed E-state index contributed by atoms with van der Waals surface area (Å²) >= 11 is 0. The van der Waals surface area contributed by atoms with Gasteiger partial charge in [-0.05, 0) is 0 Å². The van der Waals surface area contributed by atoms with Crippen molar-refractivity contribution in [2.45, 2.75) is 149 Å². The fraction of sp³-hybridized carbons (Fsp3) is 0.903. The smallest absolute Gasteiger partial charge is 0.364 e. The number of carbonyl (C=O) groups excluding carboxylic acids is 2. The minimum Gasteiger partial charge on any atom is -0.477 e. The summed E-state index contributed by atoms with van der Waals surface area (Å²) in [5.41, 5.74) is 0. The van der Waals surface area contributed by atoms with Crippen molar-refractivity contribution in [2.75, 3.05) is 26.4 Å². The molecule has 0 aromatic heterocycles. The Morgan fingerprint density at radius 3 is 1.77 bits per heavy atom. The molecule has 0 aliphatic carbocycles. The second-order valence-corrected chi connectivity index (χ2v) is 14.0. The zero-order valence-corrected chi connectivity index (χ0v) is 30.4. The van der Waals surface area contributed by atoms with Crippen LogP contribution in [-0.2, 0) is 47.5 Å². The Morgan fingerprint density at radius 2 is 1.23 bits per heavy atom. The predicted molar refractivity (Wildman–Crippen MR) is 174 cm³/mol. The molecule has 16 N–H and O–H groups in total. The van der Waals surface area contributed by atoms with Gasteiger partial charge in [-0.25, -0.2) is 4.79 Å². The highest BCUT2D eigenvalue weighted by molar-refractivity contribution is 5.76. The predicted octanol–water partition coefficient (Wildman–Crippen LogP) is -10.3. The van der Waals surface area contributed by atoms with E-state index >= 15 is 0 Å². The summed E-state index contributed by atoms with van der Waals surface area (Å²) < 4.78 is 39.6. The molecular weight excluding hydrogens is 784 g/mol. The minimum atomic E-state index is -3.16. The summed E-state index contributed by atoms with van der Waals surface area (Å²) in [6.07, 6.45) is -36.7. The standard InChI is InChI=1S/C31H52N2O24/c1-8(38)32-15-10(40)3-31(30(49)50,56-25(15)17(42)11(41)4-34)57-26-22(47)27(48)51-14(7-37)23(26)54-28-16(33-9(2)39)24(19(44)13(6-36)52-28)55-29-21(46)20(45)18(43)12(5-35)53-29/h10-29,34-37,40-48H,3-7H2,1-2H3,(H,32,38)(H,33,39)(H,49,50)/t10-,11+,12+,13+,14+,15+,16+,17+,18-,19-,20-,21+,22+,23-,24+,25+,26+,27+,28-,29-,31-/m0/s1. The SMILES string of the molecule is CC(=O)N[C@H]1[C@H](O[C@@H]2[C@H](O[C@]3(C(=O)O)C[C@H](O)[C@@H](NC(C)=O)[C@H]([C@H](O)[C@H](O)CO)O3)[C@@H](O)[C@H](O)O[C@@H]2CO)O[C@H](CO)[C@H](O)[C@@H]1O[C@@H]1O[C@H](CO)[C@H](O)[C@H](O)[C@H]1O. The lowest BCUT2D eigenvalue weighted by atomic mass is 9.88. The van der Waals surface area contributed by atoms with Gasteiger partial charge >= 0.3 is 5.97 Å². The number of aliphatic carboxylic acids is 1. The molecule has 0 spiro atoms. The zero-order valence-electron chi connectivity index (χ0n) is 30.4. The van der Waals surface area contributed by atoms with Crippen LogP contribution in [0.4, 0.5) is 0 Å². The number of hydrogen-bond donors (Lipinski definition) is 16. The van der Waals surface area contributed by atoms with Gasteiger partial charge in [-0.3, -0.25) is 9.59 Å². The van der Waals surface area contributed by atoms with Gasteiger partial charge in [0.05, 0.1) is 38.6 Å². The van der Waals surface area contributed by atoms with Crippen molar-refractivity contribution in [3.8, 4) is 0 Å². The van der Waals surface area contributed by atoms with E-state index < -0.39 is 179 Å². The van der Waals surface area contributed by atoms with E-state index in [-0.39, 0.29) is 0 Å². The van der Waals surface area contributed by atoms with Crippen molar-refractivity contribution < 1.29 is 119 Å². The largest absolute Gasteiger partial charge is 0.477 e. The van der Waals surface area contributed by atoms with Crippen LogP contribution in [0.1, 0.15) is 20.3 Å². The number of amides is 2. The van der Waals surface area contributed by atoms with Crippen LogP contribution in [0.2, 0.25) is 0 Å². The fourth-order valence-corrected chi connectivity index (χ4v) is 7.05. The van der Waals surface area contributed by atoms with E-state index in [1.54, 1.807) is 0 Å². The van der Waals surface area contributed by atoms with E-state index in [4.69, 9.17) is 33.2 Å². The molecular formula is C31H52N2O24. The molecule has 0 radical (unpaired) electrons. The number of ether oxygens (including phenoxy) is 7. The normalized spacial score (nSPS) is 45.1. The van der Waals surface area contributed by atoms with Gasteiger partial charge in [0.15, 0.2) is 18.9 Å². The lowest BCUT2D eigenvalue weighted by Gasteiger charge is -2.51. The first-order valence-electron chi connectivity index (χ1n) is 17.7. The van der Waals surface area contributed by atoms with Crippen molar-refractivity contribution in [1.29, 1.82) is 0 Å². The molecule has 4 aliphatic heterocycles. The summed E-state index contributed by atoms with van der Waals surface area (Å²) in [7, 11) is 0. The van der Waals surface area contributed by atoms with E-state index in [0.29, 0.717) is 0 Å². The Hall–Kier alpha value is -2.39. The molecule has 57 heavy (non-hydrogen) atoms. The van der Waals surface area contributed by atoms with Gasteiger partial charge in [-0.1, -0.05) is 0 Å². The van der Waals surface area contributed by atoms with Gasteiger partial charge in [0.1, 0.15) is 91.5 Å². The molecule has 26 heteroatoms. The third kappa shape index (κ3) is 10.2. The lowest BCUT2D eigenvalue weighted by Crippen LogP contribution is -2.72. The van der Waals surface area contributed by atoms with E-state index in [0.717, 1.165) is 13.8 Å². The summed E-state index contributed by atoms with van der Waals surface area (Å²) in [4.78, 5) is 37.4. The maximum Gasteiger partial charge on any atom is 0.364 e. The minimum absolute atomic E-state index is 0.800. The summed E-state index contributed by atoms with van der Waals surface area (Å²) in [6.45, 7) is -2.07. The van der Waals surface area contributed by atoms with Crippen molar-refractivity contribution in [3.05, 3.63) is 0 Å². The van der Waals surface area contributed by atoms with Crippen LogP contribution in [0.5, 0.6) is 0 Å². The first kappa shape index (κ1) is 47.3. The summed E-state index contributed by atoms with van der Waals surface area (Å²) in [5.74, 6) is -6.87. The molecule has 330 valence electrons. The molecule has 26 nitrogen and oxygen atoms in total. The number of carboxylic acid groups (broad SMARTS) is 1. The molecule has 4 aliphatic rings. The molecule has 0 aromatic carbocycles. The number of carboxylic acids is 1. The first-order chi connectivity index (χ1) is 26.7. The Kier molecular flexibility index (Phi) is 16.4. The van der Waals surface area contributed by atoms with E-state index in [1.807, 2.05) is 0 Å². The molecule has 0 aromatic rings. The highest BCUT2D eigenvalue weighted by Crippen LogP contribution is 2.39. The molecule has 0 unspecified atom stereocenters. The number of hydrogen-bond acceptors (Lipinski definition) is 23. The van der Waals surface area contributed by atoms with Gasteiger partial charge in [0.2, 0.25) is 11.8 Å². The average molecular weight is 837 g/mol. The zero-order chi connectivity index (χ0) is 42.7. The van der Waals surface area contributed by atoms with E-state index in [9.17, 15) is 85.9 Å². The highest BCUT2D eigenvalue weighted by atomic mass is 16.8. The average Bonchev–Trinajstić information content (AvgIpc) is 3.16. The van der Waals surface area contributed by atoms with Crippen LogP contribution >= 0.6 is 0 Å². The number of aliphatic hydroxyl groups excluding tert-OH is 13. The van der Waals surface area contributed by atoms with Crippen LogP contribution in [0.25, 0.3) is 0 Å². The molecule has 4 heterocycles. The topological polar surface area (TPSA) is 423 Å². The number of carbonyl (C=O) groups is 3. The molecule has 21 atom stereocenters. The lowest BCUT2D eigenvalue weighted by molar-refractivity contribution is -0.389. The van der Waals surface area contributed by atoms with Crippen molar-refractivity contribution >= 4 is 17.8 Å². The van der Waals surface area contributed by atoms with Crippen LogP contribution in [0, 0.1) is 0 Å². The fourth-order valence-electron chi connectivity index (χ4n) is 7.05. The van der Waals surface area contributed by atoms with Gasteiger partial charge < -0.3 is 115 Å². The van der Waals surface area contributed by atoms with E-state index in [1.165, 1.54) is 0 Å². The van der Waals surface area contributed by atoms with Crippen LogP contribution in [0.15, 0.2) is 0 Å². The molecule has 4 fully saturated rings. The van der Waals surface area contributed by atoms with Gasteiger partial charge in [-0.2, -0.15) is 0 Å². The third-order valence-electron chi connectivity index (χ3n) is 9.98. The van der Waals surface area contributed by atoms with Crippen molar-refractivity contribution in [2.24, 2.45) is 0 Å². The monoisotopic (exact) mass is 836 g/mol. The number of aliphatic hydroxyl groups is 13. The Labute approximate surface area is 322 Å². The Balaban J connectivity index is 1.75. The second-order valence-electron chi connectivity index (χ2n) is 14.0. The van der Waals surface area contributed by atoms with E-state index in [2.05, 4.69) is 10.6 Å². The summed E-state index contributed by atoms with van der Waals surface area (Å²) in [6, 6.07) is -3.38. The maximum atomic E-state index is 13.0. The molecule has 2 amide bonds. The van der Waals surface area contributed by atoms with Crippen LogP contribution < -0.4 is 10.6 Å². The molecule has 4 saturated heterocycles. The summed E-state index contributed by atoms with van der Waals surface area (Å²) in [5, 5.41) is 151. The molecule has 0 bridgehead atoms. The molecule has 0 saturated carbocycles. The highest BCUT2D eigenvalue weighted by Gasteiger charge is 2.61. The van der Waals surface area contributed by atoms with Crippen LogP contribution in [0.3, 0.4) is 0 Å². The third-order valence-corrected chi connectivity index (χ3v) is 9.98. The van der Waals surface area contributed by atoms with Gasteiger partial charge in [0, 0.05) is 20.3 Å². The molecule has 4 rings (SSSR count). The van der Waals surface area contributed by atoms with Gasteiger partial charge in [-0.15, -0.1) is 0 Å². The van der Waals surface area contributed by atoms with Crippen LogP contribution in [-0.4, -0.2) is 244 Å². The quantitative estimate of drug-likeness (QED) is 0.0728. The first-order valence-corrected chi connectivity index (χ1v) is 17.7. The number of nitrogens with one attached hydrogen (secondary N) is 2. The Morgan fingerprint density at radius 1 is 0.684 bits per heavy atom.